The van der Waals surface area contributed by atoms with E-state index in [1.165, 1.54) is 44.1 Å². The van der Waals surface area contributed by atoms with Crippen LogP contribution in [0.25, 0.3) is 0 Å². The number of hydrogen-bond donors (Lipinski definition) is 2. The highest BCUT2D eigenvalue weighted by molar-refractivity contribution is 5.74. The molecule has 39 heavy (non-hydrogen) atoms. The second-order valence-corrected chi connectivity index (χ2v) is 10.4. The molecule has 1 unspecified atom stereocenters. The zero-order valence-corrected chi connectivity index (χ0v) is 23.5. The molecular formula is C32H46N2O5. The summed E-state index contributed by atoms with van der Waals surface area (Å²) in [7, 11) is 0. The summed E-state index contributed by atoms with van der Waals surface area (Å²) in [5.74, 6) is 0.597. The van der Waals surface area contributed by atoms with E-state index in [4.69, 9.17) is 9.47 Å². The Bertz CT molecular complexity index is 960. The quantitative estimate of drug-likeness (QED) is 0.238. The van der Waals surface area contributed by atoms with Crippen molar-refractivity contribution in [3.05, 3.63) is 65.7 Å². The monoisotopic (exact) mass is 538 g/mol. The number of carbonyl (C=O) groups is 2. The van der Waals surface area contributed by atoms with Gasteiger partial charge in [0.05, 0.1) is 6.54 Å². The summed E-state index contributed by atoms with van der Waals surface area (Å²) in [5.41, 5.74) is 2.08. The molecule has 1 aliphatic carbocycles. The van der Waals surface area contributed by atoms with Gasteiger partial charge in [-0.15, -0.1) is 0 Å². The maximum atomic E-state index is 13.0. The van der Waals surface area contributed by atoms with Crippen molar-refractivity contribution in [1.29, 1.82) is 0 Å². The lowest BCUT2D eigenvalue weighted by Crippen LogP contribution is -2.43. The van der Waals surface area contributed by atoms with E-state index in [0.29, 0.717) is 38.5 Å². The fourth-order valence-corrected chi connectivity index (χ4v) is 5.22. The Labute approximate surface area is 233 Å². The van der Waals surface area contributed by atoms with E-state index in [0.717, 1.165) is 37.3 Å². The highest BCUT2D eigenvalue weighted by atomic mass is 16.5. The molecule has 0 aliphatic heterocycles. The molecule has 1 fully saturated rings. The van der Waals surface area contributed by atoms with Crippen LogP contribution in [0.4, 0.5) is 4.79 Å². The van der Waals surface area contributed by atoms with Gasteiger partial charge in [-0.3, -0.25) is 0 Å². The smallest absolute Gasteiger partial charge is 0.333 e. The van der Waals surface area contributed by atoms with Crippen LogP contribution in [-0.4, -0.2) is 61.0 Å². The van der Waals surface area contributed by atoms with Crippen molar-refractivity contribution in [2.45, 2.75) is 77.2 Å². The van der Waals surface area contributed by atoms with Crippen LogP contribution in [0.1, 0.15) is 69.4 Å². The first-order valence-electron chi connectivity index (χ1n) is 14.7. The van der Waals surface area contributed by atoms with E-state index >= 15 is 0 Å². The summed E-state index contributed by atoms with van der Waals surface area (Å²) in [6, 6.07) is 17.6. The van der Waals surface area contributed by atoms with Crippen LogP contribution in [0.15, 0.2) is 54.6 Å². The van der Waals surface area contributed by atoms with Crippen molar-refractivity contribution in [2.75, 3.05) is 32.8 Å². The van der Waals surface area contributed by atoms with E-state index < -0.39 is 12.1 Å². The number of carboxylic acids is 1. The highest BCUT2D eigenvalue weighted by Gasteiger charge is 2.18. The number of nitrogens with one attached hydrogen (secondary N) is 1. The molecule has 0 bridgehead atoms. The molecule has 214 valence electrons. The number of benzene rings is 2. The normalized spacial score (nSPS) is 14.5. The number of nitrogens with zero attached hydrogens (tertiary/aromatic N) is 1. The first-order valence-corrected chi connectivity index (χ1v) is 14.7. The second kappa shape index (κ2) is 17.5. The third-order valence-corrected chi connectivity index (χ3v) is 7.45. The Morgan fingerprint density at radius 1 is 0.974 bits per heavy atom. The van der Waals surface area contributed by atoms with Gasteiger partial charge in [-0.05, 0) is 48.9 Å². The molecule has 2 N–H and O–H groups in total. The van der Waals surface area contributed by atoms with Gasteiger partial charge in [0.2, 0.25) is 0 Å². The van der Waals surface area contributed by atoms with E-state index in [1.54, 1.807) is 6.92 Å². The van der Waals surface area contributed by atoms with Crippen molar-refractivity contribution in [3.63, 3.8) is 0 Å². The van der Waals surface area contributed by atoms with E-state index in [2.05, 4.69) is 17.4 Å². The van der Waals surface area contributed by atoms with Gasteiger partial charge >= 0.3 is 12.0 Å². The van der Waals surface area contributed by atoms with E-state index in [1.807, 2.05) is 47.4 Å². The Hall–Kier alpha value is -3.06. The predicted octanol–water partition coefficient (Wildman–Crippen LogP) is 6.10. The Kier molecular flexibility index (Phi) is 13.7. The number of ether oxygens (including phenoxy) is 2. The van der Waals surface area contributed by atoms with Gasteiger partial charge in [0.25, 0.3) is 0 Å². The molecule has 0 radical (unpaired) electrons. The maximum Gasteiger partial charge on any atom is 0.333 e. The molecule has 7 nitrogen and oxygen atoms in total. The first-order chi connectivity index (χ1) is 19.0. The lowest BCUT2D eigenvalue weighted by molar-refractivity contribution is -0.149. The molecule has 1 saturated carbocycles. The Morgan fingerprint density at radius 2 is 1.72 bits per heavy atom. The van der Waals surface area contributed by atoms with Gasteiger partial charge in [0.1, 0.15) is 12.4 Å². The van der Waals surface area contributed by atoms with Crippen LogP contribution in [0.5, 0.6) is 5.75 Å². The number of aliphatic carboxylic acids is 1. The Morgan fingerprint density at radius 3 is 2.41 bits per heavy atom. The molecule has 1 atom stereocenters. The number of carbonyl (C=O) groups excluding carboxylic acids is 1. The van der Waals surface area contributed by atoms with Crippen LogP contribution in [0.2, 0.25) is 0 Å². The number of amides is 2. The van der Waals surface area contributed by atoms with E-state index in [9.17, 15) is 14.7 Å². The minimum absolute atomic E-state index is 0.0433. The lowest BCUT2D eigenvalue weighted by Gasteiger charge is -2.25. The average Bonchev–Trinajstić information content (AvgIpc) is 2.96. The fourth-order valence-electron chi connectivity index (χ4n) is 5.22. The zero-order chi connectivity index (χ0) is 27.7. The van der Waals surface area contributed by atoms with Gasteiger partial charge in [0.15, 0.2) is 6.10 Å². The SMILES string of the molecule is CCOC(Cc1ccc(OCCN(CCCCC2CCCCC2)C(=O)NCCc2ccccc2)cc1)C(=O)O. The van der Waals surface area contributed by atoms with Crippen molar-refractivity contribution >= 4 is 12.0 Å². The largest absolute Gasteiger partial charge is 0.492 e. The molecule has 0 spiro atoms. The summed E-state index contributed by atoms with van der Waals surface area (Å²) in [6.07, 6.45) is 10.5. The maximum absolute atomic E-state index is 13.0. The summed E-state index contributed by atoms with van der Waals surface area (Å²) >= 11 is 0. The molecule has 2 amide bonds. The lowest BCUT2D eigenvalue weighted by atomic mass is 9.86. The zero-order valence-electron chi connectivity index (χ0n) is 23.5. The van der Waals surface area contributed by atoms with E-state index in [-0.39, 0.29) is 6.03 Å². The van der Waals surface area contributed by atoms with Crippen molar-refractivity contribution in [2.24, 2.45) is 5.92 Å². The van der Waals surface area contributed by atoms with Crippen molar-refractivity contribution < 1.29 is 24.2 Å². The van der Waals surface area contributed by atoms with Crippen LogP contribution in [0.3, 0.4) is 0 Å². The summed E-state index contributed by atoms with van der Waals surface area (Å²) in [6.45, 7) is 4.37. The molecule has 0 saturated heterocycles. The van der Waals surface area contributed by atoms with Gasteiger partial charge in [-0.25, -0.2) is 9.59 Å². The van der Waals surface area contributed by atoms with Gasteiger partial charge in [-0.1, -0.05) is 87.4 Å². The van der Waals surface area contributed by atoms with Crippen LogP contribution in [-0.2, 0) is 22.4 Å². The Balaban J connectivity index is 1.46. The third kappa shape index (κ3) is 11.7. The minimum atomic E-state index is -0.960. The number of unbranched alkanes of at least 4 members (excludes halogenated alkanes) is 1. The van der Waals surface area contributed by atoms with Gasteiger partial charge in [0, 0.05) is 26.1 Å². The number of rotatable bonds is 17. The first kappa shape index (κ1) is 30.5. The molecule has 2 aromatic rings. The topological polar surface area (TPSA) is 88.1 Å². The number of urea groups is 1. The molecule has 7 heteroatoms. The minimum Gasteiger partial charge on any atom is -0.492 e. The number of hydrogen-bond acceptors (Lipinski definition) is 4. The second-order valence-electron chi connectivity index (χ2n) is 10.4. The average molecular weight is 539 g/mol. The standard InChI is InChI=1S/C32H46N2O5/c1-2-38-30(31(35)36)25-28-16-18-29(19-17-28)39-24-23-34(22-10-9-15-26-11-5-3-6-12-26)32(37)33-21-20-27-13-7-4-8-14-27/h4,7-8,13-14,16-19,26,30H,2-3,5-6,9-12,15,20-25H2,1H3,(H,33,37)(H,35,36). The van der Waals surface area contributed by atoms with Crippen LogP contribution < -0.4 is 10.1 Å². The molecule has 1 aliphatic rings. The van der Waals surface area contributed by atoms with Gasteiger partial charge in [-0.2, -0.15) is 0 Å². The molecule has 0 heterocycles. The molecule has 0 aromatic heterocycles. The number of carboxylic acid groups (broad SMARTS) is 1. The molecular weight excluding hydrogens is 492 g/mol. The summed E-state index contributed by atoms with van der Waals surface area (Å²) in [4.78, 5) is 26.2. The summed E-state index contributed by atoms with van der Waals surface area (Å²) in [5, 5.41) is 12.4. The fraction of sp³-hybridized carbons (Fsp3) is 0.562. The van der Waals surface area contributed by atoms with Crippen molar-refractivity contribution in [3.8, 4) is 5.75 Å². The molecule has 3 rings (SSSR count). The third-order valence-electron chi connectivity index (χ3n) is 7.45. The van der Waals surface area contributed by atoms with Crippen LogP contribution >= 0.6 is 0 Å². The molecule has 2 aromatic carbocycles. The predicted molar refractivity (Wildman–Crippen MR) is 154 cm³/mol. The van der Waals surface area contributed by atoms with Gasteiger partial charge < -0.3 is 24.8 Å². The summed E-state index contributed by atoms with van der Waals surface area (Å²) < 4.78 is 11.3. The van der Waals surface area contributed by atoms with Crippen LogP contribution in [0, 0.1) is 5.92 Å². The van der Waals surface area contributed by atoms with Crippen molar-refractivity contribution in [1.82, 2.24) is 10.2 Å². The highest BCUT2D eigenvalue weighted by Crippen LogP contribution is 2.27.